The van der Waals surface area contributed by atoms with Crippen LogP contribution in [0.2, 0.25) is 0 Å². The van der Waals surface area contributed by atoms with Gasteiger partial charge in [0, 0.05) is 16.5 Å². The van der Waals surface area contributed by atoms with Crippen LogP contribution in [-0.2, 0) is 25.5 Å². The average molecular weight is 353 g/mol. The van der Waals surface area contributed by atoms with Gasteiger partial charge in [-0.1, -0.05) is 34.1 Å². The number of hydrogen-bond acceptors (Lipinski definition) is 4. The second-order valence-corrected chi connectivity index (χ2v) is 5.70. The maximum absolute atomic E-state index is 11.8. The Morgan fingerprint density at radius 2 is 2.10 bits per heavy atom. The van der Waals surface area contributed by atoms with E-state index >= 15 is 0 Å². The van der Waals surface area contributed by atoms with Crippen molar-refractivity contribution in [1.29, 1.82) is 0 Å². The van der Waals surface area contributed by atoms with Crippen LogP contribution in [0.25, 0.3) is 0 Å². The largest absolute Gasteiger partial charge is 0.469 e. The average Bonchev–Trinajstić information content (AvgIpc) is 2.84. The number of esters is 2. The summed E-state index contributed by atoms with van der Waals surface area (Å²) in [5.74, 6) is -0.571. The van der Waals surface area contributed by atoms with Crippen LogP contribution in [0.5, 0.6) is 0 Å². The lowest BCUT2D eigenvalue weighted by atomic mass is 10.0. The predicted molar refractivity (Wildman–Crippen MR) is 81.7 cm³/mol. The van der Waals surface area contributed by atoms with E-state index < -0.39 is 0 Å². The molecule has 1 aromatic carbocycles. The van der Waals surface area contributed by atoms with Crippen molar-refractivity contribution in [2.24, 2.45) is 0 Å². The first-order valence-corrected chi connectivity index (χ1v) is 7.61. The zero-order chi connectivity index (χ0) is 15.2. The summed E-state index contributed by atoms with van der Waals surface area (Å²) in [5, 5.41) is 0. The van der Waals surface area contributed by atoms with E-state index in [0.29, 0.717) is 18.4 Å². The van der Waals surface area contributed by atoms with Crippen LogP contribution in [-0.4, -0.2) is 25.2 Å². The summed E-state index contributed by atoms with van der Waals surface area (Å²) < 4.78 is 10.9. The van der Waals surface area contributed by atoms with Crippen LogP contribution in [0, 0.1) is 0 Å². The van der Waals surface area contributed by atoms with Crippen LogP contribution in [0.15, 0.2) is 40.4 Å². The lowest BCUT2D eigenvalue weighted by molar-refractivity contribution is -0.144. The zero-order valence-corrected chi connectivity index (χ0v) is 13.4. The van der Waals surface area contributed by atoms with Crippen molar-refractivity contribution in [3.8, 4) is 0 Å². The molecule has 0 N–H and O–H groups in total. The van der Waals surface area contributed by atoms with Crippen molar-refractivity contribution in [2.75, 3.05) is 7.11 Å². The summed E-state index contributed by atoms with van der Waals surface area (Å²) in [7, 11) is 1.35. The molecule has 0 amide bonds. The monoisotopic (exact) mass is 352 g/mol. The molecule has 0 saturated heterocycles. The molecule has 0 spiro atoms. The second kappa shape index (κ2) is 7.41. The highest BCUT2D eigenvalue weighted by molar-refractivity contribution is 9.10. The van der Waals surface area contributed by atoms with Crippen LogP contribution >= 0.6 is 15.9 Å². The van der Waals surface area contributed by atoms with Gasteiger partial charge in [-0.2, -0.15) is 0 Å². The van der Waals surface area contributed by atoms with E-state index in [4.69, 9.17) is 4.74 Å². The van der Waals surface area contributed by atoms with Crippen LogP contribution < -0.4 is 0 Å². The van der Waals surface area contributed by atoms with Gasteiger partial charge in [0.05, 0.1) is 7.11 Å². The Bertz CT molecular complexity index is 565. The highest BCUT2D eigenvalue weighted by Crippen LogP contribution is 2.24. The number of carbonyl (C=O) groups is 2. The number of methoxy groups -OCH3 is 1. The van der Waals surface area contributed by atoms with Crippen LogP contribution in [0.3, 0.4) is 0 Å². The molecule has 112 valence electrons. The third kappa shape index (κ3) is 4.43. The minimum atomic E-state index is -0.314. The fourth-order valence-corrected chi connectivity index (χ4v) is 2.68. The number of ether oxygens (including phenoxy) is 2. The normalized spacial score (nSPS) is 17.3. The topological polar surface area (TPSA) is 52.6 Å². The number of cyclic esters (lactones) is 1. The first-order valence-electron chi connectivity index (χ1n) is 6.82. The fourth-order valence-electron chi connectivity index (χ4n) is 2.20. The molecule has 1 aliphatic rings. The number of halogens is 1. The molecule has 0 unspecified atom stereocenters. The quantitative estimate of drug-likeness (QED) is 0.737. The van der Waals surface area contributed by atoms with Gasteiger partial charge >= 0.3 is 11.9 Å². The smallest absolute Gasteiger partial charge is 0.334 e. The molecule has 1 atom stereocenters. The Kier molecular flexibility index (Phi) is 5.56. The van der Waals surface area contributed by atoms with Crippen molar-refractivity contribution in [3.05, 3.63) is 46.0 Å². The Morgan fingerprint density at radius 1 is 1.33 bits per heavy atom. The fraction of sp³-hybridized carbons (Fsp3) is 0.375. The Balaban J connectivity index is 1.89. The summed E-state index contributed by atoms with van der Waals surface area (Å²) in [6, 6.07) is 7.94. The SMILES string of the molecule is COC(=O)CC[C@@H]1C=C(CCc2ccccc2Br)C(=O)O1. The second-order valence-electron chi connectivity index (χ2n) is 4.84. The highest BCUT2D eigenvalue weighted by atomic mass is 79.9. The van der Waals surface area contributed by atoms with E-state index in [0.717, 1.165) is 16.5 Å². The van der Waals surface area contributed by atoms with Gasteiger partial charge in [-0.15, -0.1) is 0 Å². The van der Waals surface area contributed by atoms with Crippen molar-refractivity contribution in [3.63, 3.8) is 0 Å². The molecule has 0 bridgehead atoms. The van der Waals surface area contributed by atoms with Crippen molar-refractivity contribution < 1.29 is 19.1 Å². The predicted octanol–water partition coefficient (Wildman–Crippen LogP) is 3.19. The maximum Gasteiger partial charge on any atom is 0.334 e. The molecule has 0 aliphatic carbocycles. The molecule has 2 rings (SSSR count). The minimum Gasteiger partial charge on any atom is -0.469 e. The van der Waals surface area contributed by atoms with Gasteiger partial charge < -0.3 is 9.47 Å². The molecule has 1 aromatic rings. The van der Waals surface area contributed by atoms with Gasteiger partial charge in [0.25, 0.3) is 0 Å². The molecule has 0 radical (unpaired) electrons. The maximum atomic E-state index is 11.8. The molecular formula is C16H17BrO4. The molecule has 0 fully saturated rings. The Labute approximate surface area is 132 Å². The zero-order valence-electron chi connectivity index (χ0n) is 11.8. The molecule has 21 heavy (non-hydrogen) atoms. The molecular weight excluding hydrogens is 336 g/mol. The van der Waals surface area contributed by atoms with E-state index in [1.165, 1.54) is 7.11 Å². The molecule has 0 aromatic heterocycles. The van der Waals surface area contributed by atoms with Crippen molar-refractivity contribution in [1.82, 2.24) is 0 Å². The van der Waals surface area contributed by atoms with Crippen LogP contribution in [0.1, 0.15) is 24.8 Å². The number of hydrogen-bond donors (Lipinski definition) is 0. The Hall–Kier alpha value is -1.62. The lowest BCUT2D eigenvalue weighted by Gasteiger charge is -2.06. The summed E-state index contributed by atoms with van der Waals surface area (Å²) in [6.45, 7) is 0. The summed E-state index contributed by atoms with van der Waals surface area (Å²) in [5.41, 5.74) is 1.84. The lowest BCUT2D eigenvalue weighted by Crippen LogP contribution is -2.11. The molecule has 1 aliphatic heterocycles. The number of aryl methyl sites for hydroxylation is 1. The van der Waals surface area contributed by atoms with Crippen molar-refractivity contribution in [2.45, 2.75) is 31.8 Å². The highest BCUT2D eigenvalue weighted by Gasteiger charge is 2.25. The van der Waals surface area contributed by atoms with Crippen molar-refractivity contribution >= 4 is 27.9 Å². The Morgan fingerprint density at radius 3 is 2.81 bits per heavy atom. The van der Waals surface area contributed by atoms with Gasteiger partial charge in [-0.3, -0.25) is 4.79 Å². The van der Waals surface area contributed by atoms with E-state index in [1.54, 1.807) is 0 Å². The minimum absolute atomic E-state index is 0.252. The molecule has 4 nitrogen and oxygen atoms in total. The molecule has 5 heteroatoms. The van der Waals surface area contributed by atoms with Gasteiger partial charge in [-0.05, 0) is 37.0 Å². The van der Waals surface area contributed by atoms with E-state index in [9.17, 15) is 9.59 Å². The summed E-state index contributed by atoms with van der Waals surface area (Å²) in [4.78, 5) is 22.9. The van der Waals surface area contributed by atoms with Crippen LogP contribution in [0.4, 0.5) is 0 Å². The number of carbonyl (C=O) groups excluding carboxylic acids is 2. The third-order valence-corrected chi connectivity index (χ3v) is 4.16. The molecule has 0 saturated carbocycles. The van der Waals surface area contributed by atoms with Gasteiger partial charge in [-0.25, -0.2) is 4.79 Å². The van der Waals surface area contributed by atoms with Gasteiger partial charge in [0.1, 0.15) is 6.10 Å². The van der Waals surface area contributed by atoms with Gasteiger partial charge in [0.15, 0.2) is 0 Å². The first-order chi connectivity index (χ1) is 10.1. The third-order valence-electron chi connectivity index (χ3n) is 3.39. The number of rotatable bonds is 6. The standard InChI is InChI=1S/C16H17BrO4/c1-20-15(18)9-8-13-10-12(16(19)21-13)7-6-11-4-2-3-5-14(11)17/h2-5,10,13H,6-9H2,1H3/t13-/m1/s1. The molecule has 1 heterocycles. The van der Waals surface area contributed by atoms with E-state index in [1.807, 2.05) is 30.3 Å². The van der Waals surface area contributed by atoms with E-state index in [-0.39, 0.29) is 24.5 Å². The summed E-state index contributed by atoms with van der Waals surface area (Å²) >= 11 is 3.49. The number of benzene rings is 1. The van der Waals surface area contributed by atoms with Gasteiger partial charge in [0.2, 0.25) is 0 Å². The van der Waals surface area contributed by atoms with E-state index in [2.05, 4.69) is 20.7 Å². The summed E-state index contributed by atoms with van der Waals surface area (Å²) in [6.07, 6.45) is 3.63. The first kappa shape index (κ1) is 15.8.